The van der Waals surface area contributed by atoms with Gasteiger partial charge < -0.3 is 5.32 Å². The second-order valence-corrected chi connectivity index (χ2v) is 7.33. The third-order valence-electron chi connectivity index (χ3n) is 4.30. The van der Waals surface area contributed by atoms with Crippen molar-refractivity contribution in [3.63, 3.8) is 0 Å². The summed E-state index contributed by atoms with van der Waals surface area (Å²) in [5, 5.41) is 16.0. The average molecular weight is 380 g/mol. The normalized spacial score (nSPS) is 11.3. The number of hydrogen-bond donors (Lipinski definition) is 1. The molecule has 0 fully saturated rings. The van der Waals surface area contributed by atoms with Crippen molar-refractivity contribution in [1.29, 1.82) is 5.26 Å². The van der Waals surface area contributed by atoms with Gasteiger partial charge in [-0.3, -0.25) is 0 Å². The topological polar surface area (TPSA) is 48.7 Å². The van der Waals surface area contributed by atoms with E-state index in [2.05, 4.69) is 48.4 Å². The van der Waals surface area contributed by atoms with E-state index in [1.165, 1.54) is 22.5 Å². The van der Waals surface area contributed by atoms with Gasteiger partial charge in [0, 0.05) is 27.9 Å². The fraction of sp³-hybridized carbons (Fsp3) is 0.143. The van der Waals surface area contributed by atoms with Crippen LogP contribution in [0.3, 0.4) is 0 Å². The molecule has 1 aromatic heterocycles. The molecule has 3 aromatic rings. The molecule has 0 aliphatic rings. The summed E-state index contributed by atoms with van der Waals surface area (Å²) in [5.41, 5.74) is 6.73. The van der Waals surface area contributed by atoms with Crippen LogP contribution in [0.5, 0.6) is 0 Å². The molecule has 0 radical (unpaired) electrons. The van der Waals surface area contributed by atoms with E-state index >= 15 is 0 Å². The van der Waals surface area contributed by atoms with Gasteiger partial charge in [0.2, 0.25) is 0 Å². The predicted molar refractivity (Wildman–Crippen MR) is 110 cm³/mol. The molecule has 0 aliphatic carbocycles. The minimum atomic E-state index is 0.490. The molecule has 0 spiro atoms. The molecule has 0 atom stereocenters. The number of anilines is 1. The highest BCUT2D eigenvalue weighted by molar-refractivity contribution is 7.11. The number of benzene rings is 2. The first kappa shape index (κ1) is 18.2. The Labute approximate surface area is 162 Å². The Kier molecular flexibility index (Phi) is 5.41. The van der Waals surface area contributed by atoms with Gasteiger partial charge in [0.25, 0.3) is 0 Å². The SMILES string of the molecule is Cc1ccc(-c2csc(C(C#N)=CNc3cccc(Cl)c3C)n2)cc1C. The van der Waals surface area contributed by atoms with Gasteiger partial charge >= 0.3 is 0 Å². The lowest BCUT2D eigenvalue weighted by Gasteiger charge is -2.07. The molecule has 0 aliphatic heterocycles. The number of halogens is 1. The fourth-order valence-corrected chi connectivity index (χ4v) is 3.46. The fourth-order valence-electron chi connectivity index (χ4n) is 2.49. The van der Waals surface area contributed by atoms with E-state index in [4.69, 9.17) is 11.6 Å². The van der Waals surface area contributed by atoms with Crippen LogP contribution in [0.25, 0.3) is 16.8 Å². The molecule has 130 valence electrons. The van der Waals surface area contributed by atoms with Crippen LogP contribution in [0.2, 0.25) is 5.02 Å². The zero-order valence-electron chi connectivity index (χ0n) is 14.8. The van der Waals surface area contributed by atoms with E-state index in [9.17, 15) is 5.26 Å². The van der Waals surface area contributed by atoms with Crippen LogP contribution in [-0.4, -0.2) is 4.98 Å². The Morgan fingerprint density at radius 2 is 2.00 bits per heavy atom. The third kappa shape index (κ3) is 3.80. The number of thiazole rings is 1. The highest BCUT2D eigenvalue weighted by Crippen LogP contribution is 2.28. The summed E-state index contributed by atoms with van der Waals surface area (Å²) >= 11 is 7.60. The first-order chi connectivity index (χ1) is 12.5. The standard InChI is InChI=1S/C21H18ClN3S/c1-13-7-8-16(9-14(13)2)20-12-26-21(25-20)17(10-23)11-24-19-6-4-5-18(22)15(19)3/h4-9,11-12,24H,1-3H3. The van der Waals surface area contributed by atoms with E-state index in [0.717, 1.165) is 22.5 Å². The van der Waals surface area contributed by atoms with Gasteiger partial charge in [-0.1, -0.05) is 29.8 Å². The smallest absolute Gasteiger partial charge is 0.136 e. The summed E-state index contributed by atoms with van der Waals surface area (Å²) in [4.78, 5) is 4.64. The summed E-state index contributed by atoms with van der Waals surface area (Å²) in [7, 11) is 0. The Morgan fingerprint density at radius 1 is 1.19 bits per heavy atom. The molecule has 1 N–H and O–H groups in total. The maximum absolute atomic E-state index is 9.52. The summed E-state index contributed by atoms with van der Waals surface area (Å²) in [6.07, 6.45) is 1.68. The van der Waals surface area contributed by atoms with E-state index in [1.807, 2.05) is 30.5 Å². The van der Waals surface area contributed by atoms with Crippen molar-refractivity contribution in [3.8, 4) is 17.3 Å². The van der Waals surface area contributed by atoms with E-state index < -0.39 is 0 Å². The second kappa shape index (κ2) is 7.74. The van der Waals surface area contributed by atoms with Gasteiger partial charge in [-0.2, -0.15) is 5.26 Å². The number of aromatic nitrogens is 1. The molecule has 0 unspecified atom stereocenters. The number of nitriles is 1. The van der Waals surface area contributed by atoms with Crippen molar-refractivity contribution in [2.24, 2.45) is 0 Å². The molecule has 0 bridgehead atoms. The van der Waals surface area contributed by atoms with E-state index in [-0.39, 0.29) is 0 Å². The molecule has 0 saturated heterocycles. The van der Waals surface area contributed by atoms with Gasteiger partial charge in [0.15, 0.2) is 0 Å². The zero-order valence-corrected chi connectivity index (χ0v) is 16.4. The number of hydrogen-bond acceptors (Lipinski definition) is 4. The largest absolute Gasteiger partial charge is 0.360 e. The van der Waals surface area contributed by atoms with Gasteiger partial charge in [0.05, 0.1) is 5.69 Å². The maximum Gasteiger partial charge on any atom is 0.136 e. The zero-order chi connectivity index (χ0) is 18.7. The maximum atomic E-state index is 9.52. The van der Waals surface area contributed by atoms with Crippen molar-refractivity contribution in [2.45, 2.75) is 20.8 Å². The quantitative estimate of drug-likeness (QED) is 0.536. The first-order valence-electron chi connectivity index (χ1n) is 8.15. The lowest BCUT2D eigenvalue weighted by molar-refractivity contribution is 1.31. The molecule has 1 heterocycles. The minimum absolute atomic E-state index is 0.490. The second-order valence-electron chi connectivity index (χ2n) is 6.06. The molecule has 3 nitrogen and oxygen atoms in total. The molecule has 3 rings (SSSR count). The van der Waals surface area contributed by atoms with E-state index in [0.29, 0.717) is 15.6 Å². The minimum Gasteiger partial charge on any atom is -0.360 e. The van der Waals surface area contributed by atoms with Gasteiger partial charge in [-0.15, -0.1) is 11.3 Å². The highest BCUT2D eigenvalue weighted by Gasteiger charge is 2.10. The highest BCUT2D eigenvalue weighted by atomic mass is 35.5. The average Bonchev–Trinajstić information content (AvgIpc) is 3.11. The molecule has 2 aromatic carbocycles. The molecular weight excluding hydrogens is 362 g/mol. The van der Waals surface area contributed by atoms with Crippen LogP contribution >= 0.6 is 22.9 Å². The van der Waals surface area contributed by atoms with Crippen molar-refractivity contribution < 1.29 is 0 Å². The number of nitrogens with one attached hydrogen (secondary N) is 1. The number of allylic oxidation sites excluding steroid dienone is 1. The molecular formula is C21H18ClN3S. The van der Waals surface area contributed by atoms with Crippen LogP contribution in [0.15, 0.2) is 48.0 Å². The Bertz CT molecular complexity index is 1030. The van der Waals surface area contributed by atoms with Crippen LogP contribution in [0.4, 0.5) is 5.69 Å². The summed E-state index contributed by atoms with van der Waals surface area (Å²) in [6.45, 7) is 6.11. The first-order valence-corrected chi connectivity index (χ1v) is 9.41. The molecule has 26 heavy (non-hydrogen) atoms. The number of rotatable bonds is 4. The Balaban J connectivity index is 1.87. The Hall–Kier alpha value is -2.61. The summed E-state index contributed by atoms with van der Waals surface area (Å²) < 4.78 is 0. The number of nitrogens with zero attached hydrogens (tertiary/aromatic N) is 2. The van der Waals surface area contributed by atoms with Gasteiger partial charge in [-0.25, -0.2) is 4.98 Å². The molecule has 0 amide bonds. The number of aryl methyl sites for hydroxylation is 2. The lowest BCUT2D eigenvalue weighted by atomic mass is 10.1. The van der Waals surface area contributed by atoms with Crippen LogP contribution < -0.4 is 5.32 Å². The van der Waals surface area contributed by atoms with E-state index in [1.54, 1.807) is 6.20 Å². The van der Waals surface area contributed by atoms with Crippen molar-refractivity contribution in [1.82, 2.24) is 4.98 Å². The predicted octanol–water partition coefficient (Wildman–Crippen LogP) is 6.37. The Morgan fingerprint density at radius 3 is 2.73 bits per heavy atom. The van der Waals surface area contributed by atoms with Crippen molar-refractivity contribution in [3.05, 3.63) is 74.7 Å². The lowest BCUT2D eigenvalue weighted by Crippen LogP contribution is -1.94. The van der Waals surface area contributed by atoms with Crippen molar-refractivity contribution >= 4 is 34.2 Å². The summed E-state index contributed by atoms with van der Waals surface area (Å²) in [5.74, 6) is 0. The van der Waals surface area contributed by atoms with Gasteiger partial charge in [-0.05, 0) is 55.7 Å². The molecule has 0 saturated carbocycles. The van der Waals surface area contributed by atoms with Gasteiger partial charge in [0.1, 0.15) is 16.6 Å². The molecule has 5 heteroatoms. The van der Waals surface area contributed by atoms with Crippen LogP contribution in [0, 0.1) is 32.1 Å². The van der Waals surface area contributed by atoms with Crippen LogP contribution in [-0.2, 0) is 0 Å². The monoisotopic (exact) mass is 379 g/mol. The summed E-state index contributed by atoms with van der Waals surface area (Å²) in [6, 6.07) is 14.1. The third-order valence-corrected chi connectivity index (χ3v) is 5.58. The van der Waals surface area contributed by atoms with Crippen molar-refractivity contribution in [2.75, 3.05) is 5.32 Å². The van der Waals surface area contributed by atoms with Crippen LogP contribution in [0.1, 0.15) is 21.7 Å².